The predicted molar refractivity (Wildman–Crippen MR) is 161 cm³/mol. The molecule has 0 radical (unpaired) electrons. The number of hydrogen-bond donors (Lipinski definition) is 3. The topological polar surface area (TPSA) is 131 Å². The summed E-state index contributed by atoms with van der Waals surface area (Å²) in [6, 6.07) is 3.61. The molecule has 0 bridgehead atoms. The third-order valence-corrected chi connectivity index (χ3v) is 7.63. The number of primary amides is 1. The molecule has 1 aliphatic carbocycles. The summed E-state index contributed by atoms with van der Waals surface area (Å²) in [5.74, 6) is -1.52. The van der Waals surface area contributed by atoms with Crippen molar-refractivity contribution in [2.45, 2.75) is 136 Å². The van der Waals surface area contributed by atoms with E-state index in [0.29, 0.717) is 13.0 Å². The zero-order valence-corrected chi connectivity index (χ0v) is 26.0. The van der Waals surface area contributed by atoms with Crippen LogP contribution < -0.4 is 16.4 Å². The van der Waals surface area contributed by atoms with Gasteiger partial charge in [-0.1, -0.05) is 70.1 Å². The van der Waals surface area contributed by atoms with E-state index in [4.69, 9.17) is 10.5 Å². The van der Waals surface area contributed by atoms with Crippen molar-refractivity contribution in [2.75, 3.05) is 6.54 Å². The first-order valence-electron chi connectivity index (χ1n) is 15.3. The van der Waals surface area contributed by atoms with Crippen LogP contribution in [0, 0.1) is 13.8 Å². The quantitative estimate of drug-likeness (QED) is 0.258. The molecule has 1 aliphatic rings. The molecular formula is C32H52N4O5. The van der Waals surface area contributed by atoms with Crippen molar-refractivity contribution in [3.63, 3.8) is 0 Å². The van der Waals surface area contributed by atoms with Crippen LogP contribution in [0.5, 0.6) is 0 Å². The fraction of sp³-hybridized carbons (Fsp3) is 0.688. The lowest BCUT2D eigenvalue weighted by molar-refractivity contribution is -0.143. The number of benzene rings is 1. The molecule has 2 atom stereocenters. The number of carbonyl (C=O) groups is 4. The van der Waals surface area contributed by atoms with Crippen LogP contribution in [0.4, 0.5) is 4.79 Å². The van der Waals surface area contributed by atoms with Gasteiger partial charge in [-0.15, -0.1) is 0 Å². The molecule has 9 nitrogen and oxygen atoms in total. The summed E-state index contributed by atoms with van der Waals surface area (Å²) >= 11 is 0. The summed E-state index contributed by atoms with van der Waals surface area (Å²) in [4.78, 5) is 54.7. The number of alkyl carbamates (subject to hydrolysis) is 1. The molecule has 1 aromatic rings. The van der Waals surface area contributed by atoms with E-state index < -0.39 is 42.0 Å². The van der Waals surface area contributed by atoms with E-state index in [9.17, 15) is 19.2 Å². The minimum absolute atomic E-state index is 0.0478. The maximum atomic E-state index is 14.3. The van der Waals surface area contributed by atoms with Crippen molar-refractivity contribution in [3.05, 3.63) is 34.9 Å². The first-order valence-corrected chi connectivity index (χ1v) is 15.3. The standard InChI is InChI=1S/C32H52N4O5/c1-7-8-9-10-14-20-36(30(39)26(21-27(33)37)35-31(40)41-32(4,5)6)28(25-19-15-16-22(2)23(25)3)29(38)34-24-17-12-11-13-18-24/h15-16,19,24,26,28H,7-14,17-18,20-21H2,1-6H3,(H2,33,37)(H,34,38)(H,35,40). The summed E-state index contributed by atoms with van der Waals surface area (Å²) < 4.78 is 5.38. The monoisotopic (exact) mass is 572 g/mol. The van der Waals surface area contributed by atoms with Crippen LogP contribution >= 0.6 is 0 Å². The van der Waals surface area contributed by atoms with Gasteiger partial charge in [-0.25, -0.2) is 4.79 Å². The molecule has 1 aromatic carbocycles. The maximum Gasteiger partial charge on any atom is 0.408 e. The number of nitrogens with zero attached hydrogens (tertiary/aromatic N) is 1. The number of nitrogens with one attached hydrogen (secondary N) is 2. The molecule has 2 unspecified atom stereocenters. The summed E-state index contributed by atoms with van der Waals surface area (Å²) in [6.07, 6.45) is 8.59. The van der Waals surface area contributed by atoms with Crippen LogP contribution in [0.15, 0.2) is 18.2 Å². The highest BCUT2D eigenvalue weighted by Crippen LogP contribution is 2.29. The SMILES string of the molecule is CCCCCCCN(C(=O)C(CC(N)=O)NC(=O)OC(C)(C)C)C(C(=O)NC1CCCCC1)c1cccc(C)c1C. The number of rotatable bonds is 14. The molecule has 0 spiro atoms. The minimum atomic E-state index is -1.27. The maximum absolute atomic E-state index is 14.3. The van der Waals surface area contributed by atoms with Crippen LogP contribution in [-0.4, -0.2) is 52.9 Å². The molecule has 0 heterocycles. The summed E-state index contributed by atoms with van der Waals surface area (Å²) in [5.41, 5.74) is 7.38. The molecule has 1 saturated carbocycles. The lowest BCUT2D eigenvalue weighted by Gasteiger charge is -2.36. The number of aryl methyl sites for hydroxylation is 1. The number of amides is 4. The number of carbonyl (C=O) groups excluding carboxylic acids is 4. The fourth-order valence-electron chi connectivity index (χ4n) is 5.35. The second-order valence-electron chi connectivity index (χ2n) is 12.4. The van der Waals surface area contributed by atoms with Gasteiger partial charge in [0, 0.05) is 12.6 Å². The first kappa shape index (κ1) is 34.1. The Morgan fingerprint density at radius 1 is 1.02 bits per heavy atom. The third kappa shape index (κ3) is 11.4. The molecule has 4 N–H and O–H groups in total. The van der Waals surface area contributed by atoms with Crippen molar-refractivity contribution >= 4 is 23.8 Å². The van der Waals surface area contributed by atoms with Crippen molar-refractivity contribution in [3.8, 4) is 0 Å². The van der Waals surface area contributed by atoms with Crippen LogP contribution in [0.2, 0.25) is 0 Å². The Morgan fingerprint density at radius 3 is 2.29 bits per heavy atom. The highest BCUT2D eigenvalue weighted by atomic mass is 16.6. The van der Waals surface area contributed by atoms with Crippen LogP contribution in [0.25, 0.3) is 0 Å². The molecule has 2 rings (SSSR count). The Bertz CT molecular complexity index is 1030. The highest BCUT2D eigenvalue weighted by molar-refractivity contribution is 5.94. The third-order valence-electron chi connectivity index (χ3n) is 7.63. The highest BCUT2D eigenvalue weighted by Gasteiger charge is 2.38. The van der Waals surface area contributed by atoms with E-state index in [0.717, 1.165) is 74.5 Å². The zero-order valence-electron chi connectivity index (χ0n) is 26.0. The van der Waals surface area contributed by atoms with Gasteiger partial charge in [0.1, 0.15) is 17.7 Å². The summed E-state index contributed by atoms with van der Waals surface area (Å²) in [5, 5.41) is 5.79. The van der Waals surface area contributed by atoms with Gasteiger partial charge >= 0.3 is 6.09 Å². The van der Waals surface area contributed by atoms with E-state index in [1.165, 1.54) is 4.90 Å². The van der Waals surface area contributed by atoms with Crippen LogP contribution in [0.3, 0.4) is 0 Å². The van der Waals surface area contributed by atoms with Crippen molar-refractivity contribution in [2.24, 2.45) is 5.73 Å². The van der Waals surface area contributed by atoms with Gasteiger partial charge in [-0.05, 0) is 70.6 Å². The number of hydrogen-bond acceptors (Lipinski definition) is 5. The average Bonchev–Trinajstić information content (AvgIpc) is 2.88. The van der Waals surface area contributed by atoms with Gasteiger partial charge in [0.15, 0.2) is 0 Å². The lowest BCUT2D eigenvalue weighted by Crippen LogP contribution is -2.55. The molecule has 9 heteroatoms. The fourth-order valence-corrected chi connectivity index (χ4v) is 5.35. The van der Waals surface area contributed by atoms with Crippen molar-refractivity contribution < 1.29 is 23.9 Å². The van der Waals surface area contributed by atoms with Gasteiger partial charge in [0.05, 0.1) is 6.42 Å². The van der Waals surface area contributed by atoms with Gasteiger partial charge in [0.2, 0.25) is 17.7 Å². The molecular weight excluding hydrogens is 520 g/mol. The summed E-state index contributed by atoms with van der Waals surface area (Å²) in [6.45, 7) is 11.5. The Hall–Kier alpha value is -3.10. The summed E-state index contributed by atoms with van der Waals surface area (Å²) in [7, 11) is 0. The van der Waals surface area contributed by atoms with Crippen molar-refractivity contribution in [1.82, 2.24) is 15.5 Å². The van der Waals surface area contributed by atoms with Crippen molar-refractivity contribution in [1.29, 1.82) is 0 Å². The van der Waals surface area contributed by atoms with E-state index in [1.807, 2.05) is 32.0 Å². The second kappa shape index (κ2) is 16.4. The van der Waals surface area contributed by atoms with Crippen LogP contribution in [0.1, 0.15) is 121 Å². The Morgan fingerprint density at radius 2 is 1.68 bits per heavy atom. The van der Waals surface area contributed by atoms with E-state index in [1.54, 1.807) is 20.8 Å². The Balaban J connectivity index is 2.52. The Kier molecular flexibility index (Phi) is 13.6. The van der Waals surface area contributed by atoms with E-state index in [2.05, 4.69) is 17.6 Å². The molecule has 41 heavy (non-hydrogen) atoms. The number of unbranched alkanes of at least 4 members (excludes halogenated alkanes) is 4. The van der Waals surface area contributed by atoms with Crippen LogP contribution in [-0.2, 0) is 19.1 Å². The van der Waals surface area contributed by atoms with Gasteiger partial charge in [-0.3, -0.25) is 14.4 Å². The van der Waals surface area contributed by atoms with Gasteiger partial charge in [-0.2, -0.15) is 0 Å². The molecule has 1 fully saturated rings. The minimum Gasteiger partial charge on any atom is -0.444 e. The largest absolute Gasteiger partial charge is 0.444 e. The molecule has 4 amide bonds. The molecule has 230 valence electrons. The predicted octanol–water partition coefficient (Wildman–Crippen LogP) is 5.36. The second-order valence-corrected chi connectivity index (χ2v) is 12.4. The normalized spacial score (nSPS) is 15.5. The lowest BCUT2D eigenvalue weighted by atomic mass is 9.92. The Labute approximate surface area is 246 Å². The first-order chi connectivity index (χ1) is 19.3. The zero-order chi connectivity index (χ0) is 30.6. The molecule has 0 aromatic heterocycles. The number of ether oxygens (including phenoxy) is 1. The number of nitrogens with two attached hydrogens (primary N) is 1. The van der Waals surface area contributed by atoms with Gasteiger partial charge < -0.3 is 26.0 Å². The smallest absolute Gasteiger partial charge is 0.408 e. The molecule has 0 aliphatic heterocycles. The van der Waals surface area contributed by atoms with E-state index >= 15 is 0 Å². The molecule has 0 saturated heterocycles. The average molecular weight is 573 g/mol. The van der Waals surface area contributed by atoms with E-state index in [-0.39, 0.29) is 11.9 Å². The van der Waals surface area contributed by atoms with Gasteiger partial charge in [0.25, 0.3) is 0 Å².